The van der Waals surface area contributed by atoms with E-state index in [4.69, 9.17) is 14.2 Å². The Balaban J connectivity index is 2.12. The van der Waals surface area contributed by atoms with Crippen LogP contribution in [0.4, 0.5) is 4.79 Å². The summed E-state index contributed by atoms with van der Waals surface area (Å²) in [5, 5.41) is 10.5. The highest BCUT2D eigenvalue weighted by Crippen LogP contribution is 2.37. The van der Waals surface area contributed by atoms with Gasteiger partial charge in [0.25, 0.3) is 0 Å². The smallest absolute Gasteiger partial charge is 0.412 e. The number of hydrogen-bond donors (Lipinski definition) is 1. The van der Waals surface area contributed by atoms with Crippen molar-refractivity contribution in [3.63, 3.8) is 0 Å². The number of ether oxygens (including phenoxy) is 3. The van der Waals surface area contributed by atoms with Crippen LogP contribution in [0.1, 0.15) is 26.3 Å². The minimum atomic E-state index is -1.35. The Hall–Kier alpha value is -1.95. The minimum Gasteiger partial charge on any atom is -0.493 e. The van der Waals surface area contributed by atoms with Crippen LogP contribution in [0, 0.1) is 0 Å². The summed E-state index contributed by atoms with van der Waals surface area (Å²) < 4.78 is 15.7. The molecule has 1 heterocycles. The summed E-state index contributed by atoms with van der Waals surface area (Å²) in [7, 11) is 3.16. The quantitative estimate of drug-likeness (QED) is 0.903. The normalized spacial score (nSPS) is 23.4. The van der Waals surface area contributed by atoms with Crippen molar-refractivity contribution in [2.75, 3.05) is 20.8 Å². The third kappa shape index (κ3) is 2.70. The van der Waals surface area contributed by atoms with E-state index in [0.717, 1.165) is 5.56 Å². The number of amides is 1. The second-order valence-electron chi connectivity index (χ2n) is 5.99. The Morgan fingerprint density at radius 2 is 1.82 bits per heavy atom. The van der Waals surface area contributed by atoms with Crippen molar-refractivity contribution in [2.45, 2.75) is 38.5 Å². The topological polar surface area (TPSA) is 68.2 Å². The Labute approximate surface area is 130 Å². The first-order chi connectivity index (χ1) is 10.2. The van der Waals surface area contributed by atoms with Crippen molar-refractivity contribution in [2.24, 2.45) is 0 Å². The highest BCUT2D eigenvalue weighted by Gasteiger charge is 2.56. The molecule has 22 heavy (non-hydrogen) atoms. The largest absolute Gasteiger partial charge is 0.493 e. The van der Waals surface area contributed by atoms with Crippen LogP contribution in [-0.4, -0.2) is 48.2 Å². The van der Waals surface area contributed by atoms with Gasteiger partial charge < -0.3 is 19.3 Å². The zero-order valence-corrected chi connectivity index (χ0v) is 13.7. The average molecular weight is 309 g/mol. The molecule has 1 aliphatic rings. The molecular weight excluding hydrogens is 286 g/mol. The fourth-order valence-corrected chi connectivity index (χ4v) is 2.46. The Kier molecular flexibility index (Phi) is 4.24. The number of hydrogen-bond acceptors (Lipinski definition) is 5. The maximum atomic E-state index is 11.9. The molecule has 0 aromatic heterocycles. The lowest BCUT2D eigenvalue weighted by Crippen LogP contribution is -2.54. The van der Waals surface area contributed by atoms with E-state index in [1.807, 2.05) is 18.2 Å². The lowest BCUT2D eigenvalue weighted by Gasteiger charge is -2.34. The van der Waals surface area contributed by atoms with Crippen molar-refractivity contribution in [3.8, 4) is 11.5 Å². The van der Waals surface area contributed by atoms with Crippen LogP contribution in [0.5, 0.6) is 11.5 Å². The lowest BCUT2D eigenvalue weighted by molar-refractivity contribution is -0.126. The monoisotopic (exact) mass is 309 g/mol. The van der Waals surface area contributed by atoms with E-state index in [0.29, 0.717) is 24.5 Å². The predicted octanol–water partition coefficient (Wildman–Crippen LogP) is 2.19. The predicted molar refractivity (Wildman–Crippen MR) is 81.1 cm³/mol. The van der Waals surface area contributed by atoms with Gasteiger partial charge in [0.05, 0.1) is 14.2 Å². The van der Waals surface area contributed by atoms with Gasteiger partial charge in [-0.2, -0.15) is 0 Å². The average Bonchev–Trinajstić information content (AvgIpc) is 2.61. The molecule has 0 bridgehead atoms. The summed E-state index contributed by atoms with van der Waals surface area (Å²) in [6.07, 6.45) is 0.0669. The number of carbonyl (C=O) groups excluding carboxylic acids is 1. The van der Waals surface area contributed by atoms with Gasteiger partial charge in [-0.15, -0.1) is 0 Å². The molecule has 6 nitrogen and oxygen atoms in total. The van der Waals surface area contributed by atoms with Crippen LogP contribution in [0.15, 0.2) is 18.2 Å². The summed E-state index contributed by atoms with van der Waals surface area (Å²) in [5.74, 6) is 1.29. The Bertz CT molecular complexity index is 568. The molecule has 2 rings (SSSR count). The van der Waals surface area contributed by atoms with Crippen LogP contribution >= 0.6 is 0 Å². The van der Waals surface area contributed by atoms with E-state index < -0.39 is 17.4 Å². The van der Waals surface area contributed by atoms with Gasteiger partial charge in [-0.1, -0.05) is 6.07 Å². The lowest BCUT2D eigenvalue weighted by atomic mass is 9.95. The van der Waals surface area contributed by atoms with Crippen molar-refractivity contribution in [1.29, 1.82) is 0 Å². The molecular formula is C16H23NO5. The van der Waals surface area contributed by atoms with Crippen LogP contribution < -0.4 is 9.47 Å². The standard InChI is InChI=1S/C16H23NO5/c1-15(2)16(3,19)17(14(18)22-15)9-8-11-6-7-12(20-4)13(10-11)21-5/h6-7,10,19H,8-9H2,1-5H3/t16-/m1/s1. The van der Waals surface area contributed by atoms with Gasteiger partial charge in [-0.25, -0.2) is 4.79 Å². The summed E-state index contributed by atoms with van der Waals surface area (Å²) >= 11 is 0. The maximum Gasteiger partial charge on any atom is 0.412 e. The first kappa shape index (κ1) is 16.4. The molecule has 1 amide bonds. The van der Waals surface area contributed by atoms with Gasteiger partial charge in [0.1, 0.15) is 0 Å². The molecule has 6 heteroatoms. The van der Waals surface area contributed by atoms with Crippen molar-refractivity contribution < 1.29 is 24.1 Å². The fraction of sp³-hybridized carbons (Fsp3) is 0.562. The highest BCUT2D eigenvalue weighted by molar-refractivity contribution is 5.72. The molecule has 1 aromatic rings. The zero-order valence-electron chi connectivity index (χ0n) is 13.7. The summed E-state index contributed by atoms with van der Waals surface area (Å²) in [4.78, 5) is 13.3. The Morgan fingerprint density at radius 1 is 1.18 bits per heavy atom. The number of aliphatic hydroxyl groups is 1. The van der Waals surface area contributed by atoms with E-state index >= 15 is 0 Å². The van der Waals surface area contributed by atoms with E-state index in [2.05, 4.69) is 0 Å². The Morgan fingerprint density at radius 3 is 2.32 bits per heavy atom. The molecule has 1 fully saturated rings. The second kappa shape index (κ2) is 5.68. The van der Waals surface area contributed by atoms with Gasteiger partial charge in [-0.05, 0) is 44.9 Å². The molecule has 122 valence electrons. The number of benzene rings is 1. The molecule has 0 saturated carbocycles. The number of rotatable bonds is 5. The second-order valence-corrected chi connectivity index (χ2v) is 5.99. The number of nitrogens with zero attached hydrogens (tertiary/aromatic N) is 1. The van der Waals surface area contributed by atoms with Crippen LogP contribution in [0.25, 0.3) is 0 Å². The molecule has 0 aliphatic carbocycles. The number of carbonyl (C=O) groups is 1. The zero-order chi connectivity index (χ0) is 16.5. The summed E-state index contributed by atoms with van der Waals surface area (Å²) in [5.41, 5.74) is -1.31. The minimum absolute atomic E-state index is 0.352. The van der Waals surface area contributed by atoms with E-state index in [1.165, 1.54) is 4.90 Å². The fourth-order valence-electron chi connectivity index (χ4n) is 2.46. The SMILES string of the molecule is COc1ccc(CCN2C(=O)OC(C)(C)[C@@]2(C)O)cc1OC. The molecule has 0 unspecified atom stereocenters. The van der Waals surface area contributed by atoms with E-state index in [-0.39, 0.29) is 0 Å². The first-order valence-corrected chi connectivity index (χ1v) is 7.17. The van der Waals surface area contributed by atoms with Crippen LogP contribution in [-0.2, 0) is 11.2 Å². The van der Waals surface area contributed by atoms with E-state index in [1.54, 1.807) is 35.0 Å². The highest BCUT2D eigenvalue weighted by atomic mass is 16.6. The molecule has 0 radical (unpaired) electrons. The molecule has 0 spiro atoms. The summed E-state index contributed by atoms with van der Waals surface area (Å²) in [6.45, 7) is 5.33. The number of cyclic esters (lactones) is 1. The van der Waals surface area contributed by atoms with Crippen molar-refractivity contribution in [1.82, 2.24) is 4.90 Å². The van der Waals surface area contributed by atoms with Gasteiger partial charge in [0.15, 0.2) is 22.8 Å². The van der Waals surface area contributed by atoms with Crippen molar-refractivity contribution >= 4 is 6.09 Å². The molecule has 1 aromatic carbocycles. The maximum absolute atomic E-state index is 11.9. The molecule has 1 saturated heterocycles. The third-order valence-electron chi connectivity index (χ3n) is 4.30. The molecule has 1 atom stereocenters. The van der Waals surface area contributed by atoms with Gasteiger partial charge in [0, 0.05) is 6.54 Å². The number of methoxy groups -OCH3 is 2. The molecule has 1 N–H and O–H groups in total. The van der Waals surface area contributed by atoms with Crippen molar-refractivity contribution in [3.05, 3.63) is 23.8 Å². The van der Waals surface area contributed by atoms with Gasteiger partial charge >= 0.3 is 6.09 Å². The van der Waals surface area contributed by atoms with Crippen LogP contribution in [0.2, 0.25) is 0 Å². The molecule has 1 aliphatic heterocycles. The summed E-state index contributed by atoms with van der Waals surface area (Å²) in [6, 6.07) is 5.58. The third-order valence-corrected chi connectivity index (χ3v) is 4.30. The van der Waals surface area contributed by atoms with Gasteiger partial charge in [-0.3, -0.25) is 4.90 Å². The van der Waals surface area contributed by atoms with Crippen LogP contribution in [0.3, 0.4) is 0 Å². The first-order valence-electron chi connectivity index (χ1n) is 7.17. The van der Waals surface area contributed by atoms with E-state index in [9.17, 15) is 9.90 Å². The van der Waals surface area contributed by atoms with Gasteiger partial charge in [0.2, 0.25) is 0 Å².